The van der Waals surface area contributed by atoms with E-state index in [4.69, 9.17) is 4.74 Å². The summed E-state index contributed by atoms with van der Waals surface area (Å²) in [6.45, 7) is 4.17. The maximum absolute atomic E-state index is 13.0. The Hall–Kier alpha value is -1.36. The summed E-state index contributed by atoms with van der Waals surface area (Å²) in [5, 5.41) is 4.59. The number of ether oxygens (including phenoxy) is 1. The zero-order valence-corrected chi connectivity index (χ0v) is 12.3. The van der Waals surface area contributed by atoms with E-state index in [1.807, 2.05) is 4.68 Å². The van der Waals surface area contributed by atoms with Gasteiger partial charge in [0.15, 0.2) is 0 Å². The SMILES string of the molecule is C[C@@H]1C[C@@H](C)n2nc(-c3ccc(F)cc3)c(Br)c2O1. The molecule has 1 aromatic carbocycles. The third kappa shape index (κ3) is 2.16. The molecule has 2 atom stereocenters. The Bertz CT molecular complexity index is 609. The van der Waals surface area contributed by atoms with Gasteiger partial charge in [0.1, 0.15) is 16.0 Å². The van der Waals surface area contributed by atoms with Crippen molar-refractivity contribution < 1.29 is 9.13 Å². The quantitative estimate of drug-likeness (QED) is 0.786. The number of fused-ring (bicyclic) bond motifs is 1. The zero-order valence-electron chi connectivity index (χ0n) is 10.7. The van der Waals surface area contributed by atoms with Crippen LogP contribution in [0.4, 0.5) is 4.39 Å². The Balaban J connectivity index is 2.09. The molecule has 2 aromatic rings. The second kappa shape index (κ2) is 4.63. The topological polar surface area (TPSA) is 27.1 Å². The number of hydrogen-bond donors (Lipinski definition) is 0. The first kappa shape index (κ1) is 12.7. The predicted molar refractivity (Wildman–Crippen MR) is 74.7 cm³/mol. The zero-order chi connectivity index (χ0) is 13.6. The lowest BCUT2D eigenvalue weighted by Crippen LogP contribution is -2.26. The van der Waals surface area contributed by atoms with Crippen LogP contribution in [0.5, 0.6) is 5.88 Å². The highest BCUT2D eigenvalue weighted by atomic mass is 79.9. The number of hydrogen-bond acceptors (Lipinski definition) is 2. The maximum atomic E-state index is 13.0. The van der Waals surface area contributed by atoms with Gasteiger partial charge in [0.25, 0.3) is 0 Å². The van der Waals surface area contributed by atoms with Gasteiger partial charge in [-0.25, -0.2) is 9.07 Å². The molecule has 5 heteroatoms. The van der Waals surface area contributed by atoms with Gasteiger partial charge in [0, 0.05) is 12.0 Å². The van der Waals surface area contributed by atoms with Crippen LogP contribution in [0.25, 0.3) is 11.3 Å². The Kier molecular flexibility index (Phi) is 3.09. The third-order valence-electron chi connectivity index (χ3n) is 3.33. The number of nitrogens with zero attached hydrogens (tertiary/aromatic N) is 2. The average Bonchev–Trinajstić information content (AvgIpc) is 2.69. The van der Waals surface area contributed by atoms with E-state index in [2.05, 4.69) is 34.9 Å². The van der Waals surface area contributed by atoms with Crippen LogP contribution in [0.2, 0.25) is 0 Å². The van der Waals surface area contributed by atoms with Gasteiger partial charge in [-0.1, -0.05) is 0 Å². The third-order valence-corrected chi connectivity index (χ3v) is 4.05. The lowest BCUT2D eigenvalue weighted by atomic mass is 10.1. The average molecular weight is 325 g/mol. The molecule has 0 amide bonds. The standard InChI is InChI=1S/C14H14BrFN2O/c1-8-7-9(2)19-14-12(15)13(17-18(8)14)10-3-5-11(16)6-4-10/h3-6,8-9H,7H2,1-2H3/t8-,9-/m1/s1. The summed E-state index contributed by atoms with van der Waals surface area (Å²) in [6, 6.07) is 6.62. The van der Waals surface area contributed by atoms with Gasteiger partial charge in [0.2, 0.25) is 5.88 Å². The van der Waals surface area contributed by atoms with E-state index in [1.54, 1.807) is 12.1 Å². The summed E-state index contributed by atoms with van der Waals surface area (Å²) >= 11 is 3.55. The molecular formula is C14H14BrFN2O. The fourth-order valence-corrected chi connectivity index (χ4v) is 3.00. The molecule has 0 saturated carbocycles. The highest BCUT2D eigenvalue weighted by Crippen LogP contribution is 2.40. The van der Waals surface area contributed by atoms with Crippen LogP contribution in [0, 0.1) is 5.82 Å². The van der Waals surface area contributed by atoms with Crippen LogP contribution in [-0.4, -0.2) is 15.9 Å². The van der Waals surface area contributed by atoms with Gasteiger partial charge >= 0.3 is 0 Å². The van der Waals surface area contributed by atoms with Crippen LogP contribution < -0.4 is 4.74 Å². The highest BCUT2D eigenvalue weighted by Gasteiger charge is 2.28. The van der Waals surface area contributed by atoms with Gasteiger partial charge in [0.05, 0.1) is 12.1 Å². The molecular weight excluding hydrogens is 311 g/mol. The molecule has 0 bridgehead atoms. The Labute approximate surface area is 119 Å². The Morgan fingerprint density at radius 2 is 2.00 bits per heavy atom. The summed E-state index contributed by atoms with van der Waals surface area (Å²) in [4.78, 5) is 0. The summed E-state index contributed by atoms with van der Waals surface area (Å²) in [5.74, 6) is 0.507. The molecule has 100 valence electrons. The summed E-state index contributed by atoms with van der Waals surface area (Å²) in [7, 11) is 0. The largest absolute Gasteiger partial charge is 0.474 e. The molecule has 1 aromatic heterocycles. The van der Waals surface area contributed by atoms with Gasteiger partial charge in [-0.05, 0) is 54.0 Å². The van der Waals surface area contributed by atoms with Crippen molar-refractivity contribution in [3.8, 4) is 17.1 Å². The first-order chi connectivity index (χ1) is 9.06. The van der Waals surface area contributed by atoms with Crippen molar-refractivity contribution in [2.75, 3.05) is 0 Å². The normalized spacial score (nSPS) is 21.9. The van der Waals surface area contributed by atoms with Crippen molar-refractivity contribution in [1.29, 1.82) is 0 Å². The number of halogens is 2. The van der Waals surface area contributed by atoms with Gasteiger partial charge in [-0.15, -0.1) is 0 Å². The van der Waals surface area contributed by atoms with E-state index in [1.165, 1.54) is 12.1 Å². The molecule has 1 aliphatic heterocycles. The molecule has 0 unspecified atom stereocenters. The molecule has 0 spiro atoms. The molecule has 0 radical (unpaired) electrons. The lowest BCUT2D eigenvalue weighted by molar-refractivity contribution is 0.125. The fraction of sp³-hybridized carbons (Fsp3) is 0.357. The first-order valence-electron chi connectivity index (χ1n) is 6.27. The van der Waals surface area contributed by atoms with Crippen molar-refractivity contribution >= 4 is 15.9 Å². The smallest absolute Gasteiger partial charge is 0.227 e. The summed E-state index contributed by atoms with van der Waals surface area (Å²) in [5.41, 5.74) is 1.66. The minimum atomic E-state index is -0.248. The molecule has 3 rings (SSSR count). The lowest BCUT2D eigenvalue weighted by Gasteiger charge is -2.26. The molecule has 3 nitrogen and oxygen atoms in total. The van der Waals surface area contributed by atoms with Crippen molar-refractivity contribution in [3.05, 3.63) is 34.6 Å². The first-order valence-corrected chi connectivity index (χ1v) is 7.06. The van der Waals surface area contributed by atoms with Crippen molar-refractivity contribution in [2.45, 2.75) is 32.4 Å². The number of rotatable bonds is 1. The van der Waals surface area contributed by atoms with E-state index in [-0.39, 0.29) is 11.9 Å². The van der Waals surface area contributed by atoms with E-state index in [0.717, 1.165) is 28.0 Å². The number of benzene rings is 1. The van der Waals surface area contributed by atoms with E-state index in [9.17, 15) is 4.39 Å². The van der Waals surface area contributed by atoms with Crippen molar-refractivity contribution in [2.24, 2.45) is 0 Å². The molecule has 19 heavy (non-hydrogen) atoms. The van der Waals surface area contributed by atoms with Gasteiger partial charge < -0.3 is 4.74 Å². The van der Waals surface area contributed by atoms with E-state index in [0.29, 0.717) is 6.04 Å². The fourth-order valence-electron chi connectivity index (χ4n) is 2.41. The second-order valence-electron chi connectivity index (χ2n) is 4.93. The van der Waals surface area contributed by atoms with Gasteiger partial charge in [-0.3, -0.25) is 0 Å². The number of aromatic nitrogens is 2. The molecule has 2 heterocycles. The van der Waals surface area contributed by atoms with Crippen LogP contribution in [0.3, 0.4) is 0 Å². The minimum absolute atomic E-state index is 0.177. The van der Waals surface area contributed by atoms with E-state index >= 15 is 0 Å². The van der Waals surface area contributed by atoms with Crippen LogP contribution in [0.15, 0.2) is 28.7 Å². The summed E-state index contributed by atoms with van der Waals surface area (Å²) < 4.78 is 21.5. The molecule has 1 aliphatic rings. The maximum Gasteiger partial charge on any atom is 0.227 e. The highest BCUT2D eigenvalue weighted by molar-refractivity contribution is 9.10. The van der Waals surface area contributed by atoms with Crippen molar-refractivity contribution in [3.63, 3.8) is 0 Å². The van der Waals surface area contributed by atoms with E-state index < -0.39 is 0 Å². The molecule has 0 saturated heterocycles. The summed E-state index contributed by atoms with van der Waals surface area (Å²) in [6.07, 6.45) is 1.11. The predicted octanol–water partition coefficient (Wildman–Crippen LogP) is 4.18. The van der Waals surface area contributed by atoms with Crippen LogP contribution in [0.1, 0.15) is 26.3 Å². The Morgan fingerprint density at radius 1 is 1.32 bits per heavy atom. The second-order valence-corrected chi connectivity index (χ2v) is 5.73. The van der Waals surface area contributed by atoms with Crippen molar-refractivity contribution in [1.82, 2.24) is 9.78 Å². The minimum Gasteiger partial charge on any atom is -0.474 e. The Morgan fingerprint density at radius 3 is 2.68 bits per heavy atom. The van der Waals surface area contributed by atoms with Crippen LogP contribution in [-0.2, 0) is 0 Å². The molecule has 0 N–H and O–H groups in total. The molecule has 0 fully saturated rings. The van der Waals surface area contributed by atoms with Gasteiger partial charge in [-0.2, -0.15) is 5.10 Å². The monoisotopic (exact) mass is 324 g/mol. The van der Waals surface area contributed by atoms with Crippen LogP contribution >= 0.6 is 15.9 Å². The molecule has 0 aliphatic carbocycles.